The summed E-state index contributed by atoms with van der Waals surface area (Å²) in [7, 11) is 0. The highest BCUT2D eigenvalue weighted by atomic mass is 14.9. The minimum Gasteiger partial charge on any atom is -0.256 e. The normalized spacial score (nSPS) is 10.4. The van der Waals surface area contributed by atoms with E-state index in [1.165, 1.54) is 0 Å². The average Bonchev–Trinajstić information content (AvgIpc) is 2.48. The van der Waals surface area contributed by atoms with Gasteiger partial charge in [-0.05, 0) is 31.2 Å². The summed E-state index contributed by atoms with van der Waals surface area (Å²) >= 11 is 0. The fourth-order valence-electron chi connectivity index (χ4n) is 1.99. The van der Waals surface area contributed by atoms with Crippen LogP contribution in [0.1, 0.15) is 5.82 Å². The molecule has 0 atom stereocenters. The first-order valence-corrected chi connectivity index (χ1v) is 6.14. The van der Waals surface area contributed by atoms with Gasteiger partial charge in [0.25, 0.3) is 0 Å². The Bertz CT molecular complexity index is 693. The van der Waals surface area contributed by atoms with Crippen molar-refractivity contribution in [3.63, 3.8) is 0 Å². The van der Waals surface area contributed by atoms with Crippen LogP contribution in [-0.2, 0) is 0 Å². The molecule has 2 aromatic heterocycles. The Labute approximate surface area is 112 Å². The highest BCUT2D eigenvalue weighted by Gasteiger charge is 2.03. The first-order chi connectivity index (χ1) is 9.33. The Hall–Kier alpha value is -2.55. The van der Waals surface area contributed by atoms with Crippen molar-refractivity contribution < 1.29 is 0 Å². The van der Waals surface area contributed by atoms with Gasteiger partial charge in [-0.25, -0.2) is 9.97 Å². The lowest BCUT2D eigenvalue weighted by Crippen LogP contribution is -1.90. The van der Waals surface area contributed by atoms with E-state index in [0.29, 0.717) is 0 Å². The average molecular weight is 247 g/mol. The van der Waals surface area contributed by atoms with E-state index < -0.39 is 0 Å². The molecule has 0 aliphatic carbocycles. The van der Waals surface area contributed by atoms with Crippen LogP contribution in [0.15, 0.2) is 60.9 Å². The molecule has 0 bridgehead atoms. The van der Waals surface area contributed by atoms with Crippen molar-refractivity contribution in [3.05, 3.63) is 66.7 Å². The molecule has 3 heteroatoms. The van der Waals surface area contributed by atoms with Gasteiger partial charge in [0.2, 0.25) is 0 Å². The molecule has 3 aromatic rings. The van der Waals surface area contributed by atoms with E-state index in [2.05, 4.69) is 27.1 Å². The molecule has 1 aromatic carbocycles. The van der Waals surface area contributed by atoms with Crippen LogP contribution in [0.5, 0.6) is 0 Å². The first kappa shape index (κ1) is 11.5. The Morgan fingerprint density at radius 3 is 2.32 bits per heavy atom. The minimum atomic E-state index is 0.778. The van der Waals surface area contributed by atoms with E-state index in [-0.39, 0.29) is 0 Å². The Balaban J connectivity index is 2.06. The highest BCUT2D eigenvalue weighted by molar-refractivity contribution is 5.69. The number of hydrogen-bond donors (Lipinski definition) is 0. The van der Waals surface area contributed by atoms with Crippen molar-refractivity contribution in [2.24, 2.45) is 0 Å². The van der Waals surface area contributed by atoms with Gasteiger partial charge in [0, 0.05) is 23.5 Å². The Kier molecular flexibility index (Phi) is 3.02. The van der Waals surface area contributed by atoms with Crippen molar-refractivity contribution in [1.82, 2.24) is 15.0 Å². The molecular formula is C16H13N3. The SMILES string of the molecule is Cc1nccc(-c2cccc(-c3ccccn3)c2)n1. The molecule has 0 fully saturated rings. The van der Waals surface area contributed by atoms with Gasteiger partial charge < -0.3 is 0 Å². The minimum absolute atomic E-state index is 0.778. The van der Waals surface area contributed by atoms with E-state index in [0.717, 1.165) is 28.3 Å². The third-order valence-corrected chi connectivity index (χ3v) is 2.90. The zero-order valence-electron chi connectivity index (χ0n) is 10.6. The zero-order valence-corrected chi connectivity index (χ0v) is 10.6. The highest BCUT2D eigenvalue weighted by Crippen LogP contribution is 2.23. The second-order valence-corrected chi connectivity index (χ2v) is 4.28. The van der Waals surface area contributed by atoms with Crippen LogP contribution < -0.4 is 0 Å². The molecule has 0 saturated heterocycles. The Morgan fingerprint density at radius 1 is 0.737 bits per heavy atom. The number of nitrogens with zero attached hydrogens (tertiary/aromatic N) is 3. The molecule has 0 saturated carbocycles. The van der Waals surface area contributed by atoms with Gasteiger partial charge in [0.15, 0.2) is 0 Å². The standard InChI is InChI=1S/C16H13N3/c1-12-17-10-8-16(19-12)14-6-4-5-13(11-14)15-7-2-3-9-18-15/h2-11H,1H3. The number of aryl methyl sites for hydroxylation is 1. The summed E-state index contributed by atoms with van der Waals surface area (Å²) in [4.78, 5) is 12.9. The monoisotopic (exact) mass is 247 g/mol. The molecule has 0 N–H and O–H groups in total. The van der Waals surface area contributed by atoms with Crippen LogP contribution in [0.25, 0.3) is 22.5 Å². The van der Waals surface area contributed by atoms with Crippen LogP contribution >= 0.6 is 0 Å². The maximum Gasteiger partial charge on any atom is 0.125 e. The fraction of sp³-hybridized carbons (Fsp3) is 0.0625. The lowest BCUT2D eigenvalue weighted by molar-refractivity contribution is 1.06. The van der Waals surface area contributed by atoms with Gasteiger partial charge in [-0.1, -0.05) is 24.3 Å². The van der Waals surface area contributed by atoms with E-state index in [1.807, 2.05) is 43.3 Å². The van der Waals surface area contributed by atoms with E-state index in [4.69, 9.17) is 0 Å². The van der Waals surface area contributed by atoms with Crippen molar-refractivity contribution in [2.75, 3.05) is 0 Å². The third-order valence-electron chi connectivity index (χ3n) is 2.90. The van der Waals surface area contributed by atoms with Crippen LogP contribution in [0, 0.1) is 6.92 Å². The predicted octanol–water partition coefficient (Wildman–Crippen LogP) is 3.51. The third kappa shape index (κ3) is 2.50. The molecule has 0 spiro atoms. The number of benzene rings is 1. The summed E-state index contributed by atoms with van der Waals surface area (Å²) in [5, 5.41) is 0. The zero-order chi connectivity index (χ0) is 13.1. The molecule has 0 aliphatic heterocycles. The smallest absolute Gasteiger partial charge is 0.125 e. The van der Waals surface area contributed by atoms with Gasteiger partial charge in [-0.3, -0.25) is 4.98 Å². The summed E-state index contributed by atoms with van der Waals surface area (Å²) in [5.74, 6) is 0.778. The summed E-state index contributed by atoms with van der Waals surface area (Å²) in [6.45, 7) is 1.89. The molecule has 0 amide bonds. The number of pyridine rings is 1. The summed E-state index contributed by atoms with van der Waals surface area (Å²) in [6.07, 6.45) is 3.59. The molecule has 0 radical (unpaired) electrons. The number of aromatic nitrogens is 3. The first-order valence-electron chi connectivity index (χ1n) is 6.14. The van der Waals surface area contributed by atoms with E-state index in [1.54, 1.807) is 12.4 Å². The summed E-state index contributed by atoms with van der Waals surface area (Å²) in [5.41, 5.74) is 4.07. The molecular weight excluding hydrogens is 234 g/mol. The van der Waals surface area contributed by atoms with Crippen LogP contribution in [-0.4, -0.2) is 15.0 Å². The van der Waals surface area contributed by atoms with Crippen LogP contribution in [0.3, 0.4) is 0 Å². The molecule has 0 unspecified atom stereocenters. The maximum absolute atomic E-state index is 4.45. The van der Waals surface area contributed by atoms with E-state index >= 15 is 0 Å². The summed E-state index contributed by atoms with van der Waals surface area (Å²) < 4.78 is 0. The second kappa shape index (κ2) is 4.98. The van der Waals surface area contributed by atoms with Gasteiger partial charge in [0.1, 0.15) is 5.82 Å². The predicted molar refractivity (Wildman–Crippen MR) is 75.4 cm³/mol. The van der Waals surface area contributed by atoms with E-state index in [9.17, 15) is 0 Å². The largest absolute Gasteiger partial charge is 0.256 e. The molecule has 3 rings (SSSR count). The maximum atomic E-state index is 4.45. The molecule has 2 heterocycles. The lowest BCUT2D eigenvalue weighted by atomic mass is 10.1. The topological polar surface area (TPSA) is 38.7 Å². The molecule has 3 nitrogen and oxygen atoms in total. The van der Waals surface area contributed by atoms with Gasteiger partial charge in [-0.15, -0.1) is 0 Å². The molecule has 92 valence electrons. The van der Waals surface area contributed by atoms with Crippen molar-refractivity contribution in [3.8, 4) is 22.5 Å². The van der Waals surface area contributed by atoms with Crippen molar-refractivity contribution in [2.45, 2.75) is 6.92 Å². The number of hydrogen-bond acceptors (Lipinski definition) is 3. The van der Waals surface area contributed by atoms with Crippen LogP contribution in [0.2, 0.25) is 0 Å². The number of rotatable bonds is 2. The van der Waals surface area contributed by atoms with Crippen molar-refractivity contribution in [1.29, 1.82) is 0 Å². The quantitative estimate of drug-likeness (QED) is 0.695. The molecule has 19 heavy (non-hydrogen) atoms. The van der Waals surface area contributed by atoms with Crippen molar-refractivity contribution >= 4 is 0 Å². The fourth-order valence-corrected chi connectivity index (χ4v) is 1.99. The van der Waals surface area contributed by atoms with Gasteiger partial charge >= 0.3 is 0 Å². The Morgan fingerprint density at radius 2 is 1.58 bits per heavy atom. The van der Waals surface area contributed by atoms with Gasteiger partial charge in [0.05, 0.1) is 11.4 Å². The summed E-state index contributed by atoms with van der Waals surface area (Å²) in [6, 6.07) is 16.1. The van der Waals surface area contributed by atoms with Crippen LogP contribution in [0.4, 0.5) is 0 Å². The van der Waals surface area contributed by atoms with Gasteiger partial charge in [-0.2, -0.15) is 0 Å². The molecule has 0 aliphatic rings. The lowest BCUT2D eigenvalue weighted by Gasteiger charge is -2.05. The second-order valence-electron chi connectivity index (χ2n) is 4.28.